The van der Waals surface area contributed by atoms with Crippen molar-refractivity contribution < 1.29 is 44.6 Å². The molecule has 0 aromatic heterocycles. The van der Waals surface area contributed by atoms with Gasteiger partial charge >= 0.3 is 12.7 Å². The number of rotatable bonds is 4. The van der Waals surface area contributed by atoms with Crippen molar-refractivity contribution in [2.75, 3.05) is 0 Å². The van der Waals surface area contributed by atoms with Crippen molar-refractivity contribution in [3.63, 3.8) is 0 Å². The molecule has 5 rings (SSSR count). The first-order valence-electron chi connectivity index (χ1n) is 13.3. The normalized spacial score (nSPS) is 13.2. The molecule has 0 saturated heterocycles. The zero-order chi connectivity index (χ0) is 36.7. The predicted octanol–water partition coefficient (Wildman–Crippen LogP) is 8.26. The summed E-state index contributed by atoms with van der Waals surface area (Å²) in [5, 5.41) is 60.0. The number of nitriles is 6. The highest BCUT2D eigenvalue weighted by atomic mass is 19.4. The Kier molecular flexibility index (Phi) is 8.37. The Labute approximate surface area is 275 Å². The molecule has 0 fully saturated rings. The van der Waals surface area contributed by atoms with Gasteiger partial charge in [0, 0.05) is 33.4 Å². The highest BCUT2D eigenvalue weighted by Crippen LogP contribution is 2.55. The molecule has 3 aromatic rings. The van der Waals surface area contributed by atoms with Crippen LogP contribution in [-0.4, -0.2) is 12.7 Å². The number of ether oxygens (including phenoxy) is 2. The molecule has 0 atom stereocenters. The lowest BCUT2D eigenvalue weighted by atomic mass is 9.90. The van der Waals surface area contributed by atoms with Crippen LogP contribution in [0.4, 0.5) is 35.1 Å². The van der Waals surface area contributed by atoms with Gasteiger partial charge in [0.25, 0.3) is 0 Å². The van der Waals surface area contributed by atoms with Crippen LogP contribution in [0.15, 0.2) is 59.7 Å². The van der Waals surface area contributed by atoms with Gasteiger partial charge in [-0.3, -0.25) is 0 Å². The molecule has 242 valence electrons. The van der Waals surface area contributed by atoms with Crippen LogP contribution in [0.2, 0.25) is 0 Å². The summed E-state index contributed by atoms with van der Waals surface area (Å²) in [5.74, 6) is -5.50. The lowest BCUT2D eigenvalue weighted by Gasteiger charge is -2.13. The van der Waals surface area contributed by atoms with Gasteiger partial charge in [-0.15, -0.1) is 26.3 Å². The maximum absolute atomic E-state index is 14.3. The molecular formula is C34H8F8N6O2. The molecule has 3 aromatic carbocycles. The van der Waals surface area contributed by atoms with Gasteiger partial charge in [0.05, 0.1) is 11.1 Å². The zero-order valence-corrected chi connectivity index (χ0v) is 24.1. The van der Waals surface area contributed by atoms with E-state index in [4.69, 9.17) is 0 Å². The van der Waals surface area contributed by atoms with E-state index in [2.05, 4.69) is 9.47 Å². The number of hydrogen-bond acceptors (Lipinski definition) is 8. The molecule has 0 heterocycles. The monoisotopic (exact) mass is 684 g/mol. The average molecular weight is 684 g/mol. The third kappa shape index (κ3) is 5.82. The number of fused-ring (bicyclic) bond motifs is 2. The van der Waals surface area contributed by atoms with Crippen LogP contribution in [0.1, 0.15) is 33.4 Å². The molecule has 16 heteroatoms. The number of halogens is 8. The van der Waals surface area contributed by atoms with Crippen molar-refractivity contribution in [3.05, 3.63) is 105 Å². The summed E-state index contributed by atoms with van der Waals surface area (Å²) in [5.41, 5.74) is -4.44. The Morgan fingerprint density at radius 2 is 0.840 bits per heavy atom. The summed E-state index contributed by atoms with van der Waals surface area (Å²) < 4.78 is 114. The molecule has 0 radical (unpaired) electrons. The van der Waals surface area contributed by atoms with Crippen molar-refractivity contribution in [2.45, 2.75) is 12.7 Å². The highest BCUT2D eigenvalue weighted by Gasteiger charge is 2.39. The first-order valence-corrected chi connectivity index (χ1v) is 13.3. The maximum Gasteiger partial charge on any atom is 0.573 e. The van der Waals surface area contributed by atoms with E-state index < -0.39 is 47.0 Å². The molecule has 8 nitrogen and oxygen atoms in total. The van der Waals surface area contributed by atoms with Gasteiger partial charge in [-0.05, 0) is 58.7 Å². The quantitative estimate of drug-likeness (QED) is 0.196. The second-order valence-electron chi connectivity index (χ2n) is 10.0. The molecule has 0 amide bonds. The van der Waals surface area contributed by atoms with Crippen LogP contribution < -0.4 is 9.47 Å². The van der Waals surface area contributed by atoms with Crippen molar-refractivity contribution in [1.82, 2.24) is 0 Å². The molecule has 50 heavy (non-hydrogen) atoms. The lowest BCUT2D eigenvalue weighted by molar-refractivity contribution is -0.276. The average Bonchev–Trinajstić information content (AvgIpc) is 3.54. The smallest absolute Gasteiger partial charge is 0.403 e. The van der Waals surface area contributed by atoms with Crippen LogP contribution in [0, 0.1) is 79.6 Å². The molecule has 0 aliphatic heterocycles. The predicted molar refractivity (Wildman–Crippen MR) is 154 cm³/mol. The van der Waals surface area contributed by atoms with Gasteiger partial charge in [0.2, 0.25) is 0 Å². The Hall–Kier alpha value is -7.40. The summed E-state index contributed by atoms with van der Waals surface area (Å²) in [7, 11) is 0. The zero-order valence-electron chi connectivity index (χ0n) is 24.1. The maximum atomic E-state index is 14.3. The minimum atomic E-state index is -5.34. The fourth-order valence-electron chi connectivity index (χ4n) is 5.54. The molecule has 0 bridgehead atoms. The van der Waals surface area contributed by atoms with Crippen LogP contribution in [0.5, 0.6) is 11.5 Å². The third-order valence-corrected chi connectivity index (χ3v) is 7.30. The van der Waals surface area contributed by atoms with Crippen molar-refractivity contribution in [1.29, 1.82) is 31.6 Å². The van der Waals surface area contributed by atoms with E-state index in [0.29, 0.717) is 24.3 Å². The van der Waals surface area contributed by atoms with Gasteiger partial charge in [0.1, 0.15) is 47.6 Å². The number of nitrogens with zero attached hydrogens (tertiary/aromatic N) is 6. The molecule has 0 saturated carbocycles. The van der Waals surface area contributed by atoms with Crippen LogP contribution >= 0.6 is 0 Å². The minimum Gasteiger partial charge on any atom is -0.403 e. The van der Waals surface area contributed by atoms with Crippen molar-refractivity contribution in [3.8, 4) is 47.9 Å². The van der Waals surface area contributed by atoms with Crippen LogP contribution in [0.3, 0.4) is 0 Å². The Bertz CT molecular complexity index is 2240. The van der Waals surface area contributed by atoms with E-state index in [9.17, 15) is 66.7 Å². The van der Waals surface area contributed by atoms with Gasteiger partial charge in [-0.2, -0.15) is 31.6 Å². The summed E-state index contributed by atoms with van der Waals surface area (Å²) in [4.78, 5) is 0. The minimum absolute atomic E-state index is 0.111. The van der Waals surface area contributed by atoms with Gasteiger partial charge in [0.15, 0.2) is 23.1 Å². The summed E-state index contributed by atoms with van der Waals surface area (Å²) >= 11 is 0. The summed E-state index contributed by atoms with van der Waals surface area (Å²) in [6, 6.07) is 16.8. The van der Waals surface area contributed by atoms with Gasteiger partial charge in [-0.25, -0.2) is 8.78 Å². The summed E-state index contributed by atoms with van der Waals surface area (Å²) in [6.45, 7) is 0. The van der Waals surface area contributed by atoms with E-state index in [-0.39, 0.29) is 66.8 Å². The van der Waals surface area contributed by atoms with Crippen LogP contribution in [-0.2, 0) is 0 Å². The first-order chi connectivity index (χ1) is 23.6. The van der Waals surface area contributed by atoms with Crippen LogP contribution in [0.25, 0.3) is 33.4 Å². The molecule has 2 aliphatic carbocycles. The van der Waals surface area contributed by atoms with Gasteiger partial charge in [-0.1, -0.05) is 12.1 Å². The first kappa shape index (κ1) is 33.9. The SMILES string of the molecule is N#CC(C#N)=C1C(c2ccc(F)c(OC(F)(F)F)c2)=C(C#N)c2cc3c(cc21)C(C#N)=C(c1ccc(F)c(OC(F)(F)F)c1)C3=C(C#N)C#N. The number of alkyl halides is 6. The molecule has 0 spiro atoms. The van der Waals surface area contributed by atoms with E-state index in [1.165, 1.54) is 12.1 Å². The number of allylic oxidation sites excluding steroid dienone is 8. The fourth-order valence-corrected chi connectivity index (χ4v) is 5.54. The van der Waals surface area contributed by atoms with Crippen molar-refractivity contribution >= 4 is 33.4 Å². The van der Waals surface area contributed by atoms with Gasteiger partial charge < -0.3 is 9.47 Å². The molecule has 0 N–H and O–H groups in total. The standard InChI is InChI=1S/C34H8F8N6O2/c35-25-3-1-15(5-27(25)49-33(37,38)39)29-23(13-47)19-7-22-20(8-21(19)31(29)17(9-43)10-44)24(14-48)30(32(22)18(11-45)12-46)16-2-4-26(36)28(6-16)50-34(40,41)42/h1-8H. The Balaban J connectivity index is 1.86. The molecule has 2 aliphatic rings. The second kappa shape index (κ2) is 12.3. The van der Waals surface area contributed by atoms with E-state index in [1.54, 1.807) is 24.3 Å². The summed E-state index contributed by atoms with van der Waals surface area (Å²) in [6.07, 6.45) is -10.7. The van der Waals surface area contributed by atoms with E-state index in [1.807, 2.05) is 12.1 Å². The fraction of sp³-hybridized carbons (Fsp3) is 0.0588. The largest absolute Gasteiger partial charge is 0.573 e. The second-order valence-corrected chi connectivity index (χ2v) is 10.0. The van der Waals surface area contributed by atoms with E-state index >= 15 is 0 Å². The number of hydrogen-bond donors (Lipinski definition) is 0. The van der Waals surface area contributed by atoms with Crippen molar-refractivity contribution in [2.24, 2.45) is 0 Å². The van der Waals surface area contributed by atoms with E-state index in [0.717, 1.165) is 12.1 Å². The Morgan fingerprint density at radius 3 is 1.12 bits per heavy atom. The highest BCUT2D eigenvalue weighted by molar-refractivity contribution is 6.29. The molecular weight excluding hydrogens is 676 g/mol. The third-order valence-electron chi connectivity index (χ3n) is 7.30. The molecule has 0 unspecified atom stereocenters. The Morgan fingerprint density at radius 1 is 0.500 bits per heavy atom. The lowest BCUT2D eigenvalue weighted by Crippen LogP contribution is -2.18. The number of benzene rings is 3. The topological polar surface area (TPSA) is 161 Å².